The van der Waals surface area contributed by atoms with Crippen LogP contribution in [0.25, 0.3) is 27.2 Å². The smallest absolute Gasteiger partial charge is 0.266 e. The number of aromatic nitrogens is 2. The first-order valence-corrected chi connectivity index (χ1v) is 11.9. The summed E-state index contributed by atoms with van der Waals surface area (Å²) >= 11 is 0. The highest BCUT2D eigenvalue weighted by atomic mass is 16.2. The number of hydrazone groups is 1. The van der Waals surface area contributed by atoms with Gasteiger partial charge in [-0.1, -0.05) is 67.6 Å². The van der Waals surface area contributed by atoms with Gasteiger partial charge in [0.15, 0.2) is 5.69 Å². The SMILES string of the molecule is CCc1ccc(-n2nc(C(=O)N/N=C/c3c4ccccc4cc4ccccc34)c(C)c(C#N)c2=O)cc1. The topological polar surface area (TPSA) is 100 Å². The molecule has 0 bridgehead atoms. The Morgan fingerprint density at radius 1 is 1.03 bits per heavy atom. The van der Waals surface area contributed by atoms with Crippen molar-refractivity contribution in [2.45, 2.75) is 20.3 Å². The summed E-state index contributed by atoms with van der Waals surface area (Å²) < 4.78 is 1.09. The fourth-order valence-corrected chi connectivity index (χ4v) is 4.40. The molecule has 1 heterocycles. The number of benzene rings is 4. The monoisotopic (exact) mass is 485 g/mol. The van der Waals surface area contributed by atoms with Crippen molar-refractivity contribution in [2.24, 2.45) is 5.10 Å². The molecule has 0 aliphatic heterocycles. The first-order valence-electron chi connectivity index (χ1n) is 11.9. The zero-order valence-corrected chi connectivity index (χ0v) is 20.4. The van der Waals surface area contributed by atoms with E-state index in [2.05, 4.69) is 21.7 Å². The molecule has 0 aliphatic carbocycles. The summed E-state index contributed by atoms with van der Waals surface area (Å²) in [5, 5.41) is 22.3. The third-order valence-electron chi connectivity index (χ3n) is 6.43. The van der Waals surface area contributed by atoms with E-state index in [9.17, 15) is 14.9 Å². The van der Waals surface area contributed by atoms with Gasteiger partial charge in [-0.3, -0.25) is 9.59 Å². The molecule has 0 spiro atoms. The number of aryl methyl sites for hydroxylation is 1. The third-order valence-corrected chi connectivity index (χ3v) is 6.43. The Morgan fingerprint density at radius 2 is 1.65 bits per heavy atom. The number of carbonyl (C=O) groups excluding carboxylic acids is 1. The molecular weight excluding hydrogens is 462 g/mol. The molecule has 7 heteroatoms. The van der Waals surface area contributed by atoms with Crippen LogP contribution < -0.4 is 11.0 Å². The highest BCUT2D eigenvalue weighted by Crippen LogP contribution is 2.27. The molecule has 180 valence electrons. The van der Waals surface area contributed by atoms with Crippen LogP contribution in [0, 0.1) is 18.3 Å². The van der Waals surface area contributed by atoms with E-state index in [1.54, 1.807) is 18.3 Å². The van der Waals surface area contributed by atoms with Crippen molar-refractivity contribution in [1.82, 2.24) is 15.2 Å². The highest BCUT2D eigenvalue weighted by molar-refractivity contribution is 6.13. The Kier molecular flexibility index (Phi) is 6.31. The maximum absolute atomic E-state index is 13.1. The van der Waals surface area contributed by atoms with Crippen molar-refractivity contribution < 1.29 is 4.79 Å². The minimum absolute atomic E-state index is 0.0457. The van der Waals surface area contributed by atoms with E-state index >= 15 is 0 Å². The van der Waals surface area contributed by atoms with Gasteiger partial charge in [0.1, 0.15) is 11.6 Å². The van der Waals surface area contributed by atoms with Crippen molar-refractivity contribution in [3.8, 4) is 11.8 Å². The predicted molar refractivity (Wildman–Crippen MR) is 145 cm³/mol. The molecule has 4 aromatic carbocycles. The molecule has 0 atom stereocenters. The minimum Gasteiger partial charge on any atom is -0.266 e. The van der Waals surface area contributed by atoms with Crippen LogP contribution in [0.1, 0.15) is 39.7 Å². The van der Waals surface area contributed by atoms with E-state index in [1.807, 2.05) is 73.7 Å². The minimum atomic E-state index is -0.617. The van der Waals surface area contributed by atoms with E-state index in [0.717, 1.165) is 43.8 Å². The lowest BCUT2D eigenvalue weighted by molar-refractivity contribution is 0.0947. The van der Waals surface area contributed by atoms with Gasteiger partial charge in [0.05, 0.1) is 11.9 Å². The van der Waals surface area contributed by atoms with E-state index in [-0.39, 0.29) is 16.8 Å². The number of rotatable bonds is 5. The van der Waals surface area contributed by atoms with Gasteiger partial charge in [-0.2, -0.15) is 20.1 Å². The average molecular weight is 486 g/mol. The third kappa shape index (κ3) is 4.37. The van der Waals surface area contributed by atoms with Crippen molar-refractivity contribution >= 4 is 33.7 Å². The van der Waals surface area contributed by atoms with Crippen LogP contribution in [-0.4, -0.2) is 21.9 Å². The molecule has 1 N–H and O–H groups in total. The Hall–Kier alpha value is -5.09. The fourth-order valence-electron chi connectivity index (χ4n) is 4.40. The van der Waals surface area contributed by atoms with Gasteiger partial charge in [0.2, 0.25) is 0 Å². The van der Waals surface area contributed by atoms with Crippen molar-refractivity contribution in [2.75, 3.05) is 0 Å². The number of carbonyl (C=O) groups is 1. The van der Waals surface area contributed by atoms with Gasteiger partial charge in [-0.05, 0) is 58.7 Å². The summed E-state index contributed by atoms with van der Waals surface area (Å²) in [5.41, 5.74) is 4.41. The average Bonchev–Trinajstić information content (AvgIpc) is 2.93. The Labute approximate surface area is 213 Å². The first-order chi connectivity index (χ1) is 18.0. The summed E-state index contributed by atoms with van der Waals surface area (Å²) in [6.45, 7) is 3.57. The molecule has 5 aromatic rings. The Bertz CT molecular complexity index is 1740. The largest absolute Gasteiger partial charge is 0.292 e. The summed E-state index contributed by atoms with van der Waals surface area (Å²) in [7, 11) is 0. The van der Waals surface area contributed by atoms with E-state index in [4.69, 9.17) is 0 Å². The van der Waals surface area contributed by atoms with Crippen molar-refractivity contribution in [1.29, 1.82) is 5.26 Å². The quantitative estimate of drug-likeness (QED) is 0.214. The normalized spacial score (nSPS) is 11.2. The van der Waals surface area contributed by atoms with Crippen molar-refractivity contribution in [3.63, 3.8) is 0 Å². The van der Waals surface area contributed by atoms with Gasteiger partial charge in [0.25, 0.3) is 11.5 Å². The maximum atomic E-state index is 13.1. The summed E-state index contributed by atoms with van der Waals surface area (Å²) in [6, 6.07) is 27.3. The molecule has 1 aromatic heterocycles. The molecule has 5 rings (SSSR count). The molecule has 0 radical (unpaired) electrons. The molecule has 0 fully saturated rings. The molecule has 0 saturated carbocycles. The number of nitrogens with zero attached hydrogens (tertiary/aromatic N) is 4. The van der Waals surface area contributed by atoms with Crippen LogP contribution in [-0.2, 0) is 6.42 Å². The van der Waals surface area contributed by atoms with Crippen LogP contribution in [0.4, 0.5) is 0 Å². The molecule has 0 unspecified atom stereocenters. The van der Waals surface area contributed by atoms with E-state index in [1.165, 1.54) is 6.92 Å². The molecule has 1 amide bonds. The lowest BCUT2D eigenvalue weighted by Crippen LogP contribution is -2.31. The standard InChI is InChI=1S/C30H23N5O2/c1-3-20-12-14-23(15-13-20)35-30(37)26(17-31)19(2)28(34-35)29(36)33-32-18-27-24-10-6-4-8-21(24)16-22-9-5-7-11-25(22)27/h4-16,18H,3H2,1-2H3,(H,33,36)/b32-18+. The summed E-state index contributed by atoms with van der Waals surface area (Å²) in [5.74, 6) is -0.617. The maximum Gasteiger partial charge on any atom is 0.292 e. The zero-order valence-electron chi connectivity index (χ0n) is 20.4. The fraction of sp³-hybridized carbons (Fsp3) is 0.100. The molecular formula is C30H23N5O2. The van der Waals surface area contributed by atoms with Crippen molar-refractivity contribution in [3.05, 3.63) is 117 Å². The Balaban J connectivity index is 1.53. The molecule has 0 saturated heterocycles. The number of amides is 1. The van der Waals surface area contributed by atoms with Gasteiger partial charge < -0.3 is 0 Å². The van der Waals surface area contributed by atoms with Gasteiger partial charge in [-0.15, -0.1) is 0 Å². The molecule has 0 aliphatic rings. The number of fused-ring (bicyclic) bond motifs is 2. The zero-order chi connectivity index (χ0) is 25.9. The van der Waals surface area contributed by atoms with Crippen LogP contribution in [0.2, 0.25) is 0 Å². The number of nitrogens with one attached hydrogen (secondary N) is 1. The highest BCUT2D eigenvalue weighted by Gasteiger charge is 2.20. The Morgan fingerprint density at radius 3 is 2.24 bits per heavy atom. The molecule has 7 nitrogen and oxygen atoms in total. The van der Waals surface area contributed by atoms with Gasteiger partial charge >= 0.3 is 0 Å². The summed E-state index contributed by atoms with van der Waals surface area (Å²) in [4.78, 5) is 26.0. The van der Waals surface area contributed by atoms with E-state index < -0.39 is 11.5 Å². The van der Waals surface area contributed by atoms with Crippen LogP contribution in [0.5, 0.6) is 0 Å². The number of hydrogen-bond acceptors (Lipinski definition) is 5. The second-order valence-corrected chi connectivity index (χ2v) is 8.63. The lowest BCUT2D eigenvalue weighted by atomic mass is 9.97. The molecule has 37 heavy (non-hydrogen) atoms. The van der Waals surface area contributed by atoms with Gasteiger partial charge in [0, 0.05) is 11.1 Å². The lowest BCUT2D eigenvalue weighted by Gasteiger charge is -2.11. The van der Waals surface area contributed by atoms with E-state index in [0.29, 0.717) is 5.69 Å². The van der Waals surface area contributed by atoms with Crippen LogP contribution in [0.3, 0.4) is 0 Å². The number of hydrogen-bond donors (Lipinski definition) is 1. The predicted octanol–water partition coefficient (Wildman–Crippen LogP) is 5.05. The van der Waals surface area contributed by atoms with Crippen LogP contribution in [0.15, 0.2) is 88.8 Å². The first kappa shape index (κ1) is 23.6. The second-order valence-electron chi connectivity index (χ2n) is 8.63. The number of nitriles is 1. The summed E-state index contributed by atoms with van der Waals surface area (Å²) in [6.07, 6.45) is 2.46. The van der Waals surface area contributed by atoms with Crippen LogP contribution >= 0.6 is 0 Å². The van der Waals surface area contributed by atoms with Gasteiger partial charge in [-0.25, -0.2) is 5.43 Å². The second kappa shape index (κ2) is 9.88.